The zero-order valence-corrected chi connectivity index (χ0v) is 19.9. The summed E-state index contributed by atoms with van der Waals surface area (Å²) in [5, 5.41) is 11.4. The summed E-state index contributed by atoms with van der Waals surface area (Å²) >= 11 is 0. The van der Waals surface area contributed by atoms with Gasteiger partial charge in [-0.15, -0.1) is 0 Å². The van der Waals surface area contributed by atoms with Gasteiger partial charge in [0.15, 0.2) is 5.76 Å². The van der Waals surface area contributed by atoms with E-state index < -0.39 is 17.6 Å². The van der Waals surface area contributed by atoms with Crippen molar-refractivity contribution in [1.29, 1.82) is 0 Å². The molecule has 4 aromatic heterocycles. The van der Waals surface area contributed by atoms with Crippen molar-refractivity contribution in [1.82, 2.24) is 24.5 Å². The van der Waals surface area contributed by atoms with E-state index >= 15 is 0 Å². The van der Waals surface area contributed by atoms with E-state index in [1.165, 1.54) is 12.4 Å². The Kier molecular flexibility index (Phi) is 6.78. The molecule has 0 aliphatic rings. The fourth-order valence-corrected chi connectivity index (χ4v) is 3.16. The summed E-state index contributed by atoms with van der Waals surface area (Å²) in [6, 6.07) is 8.64. The van der Waals surface area contributed by atoms with E-state index in [-0.39, 0.29) is 5.76 Å². The Hall–Kier alpha value is -4.25. The molecule has 0 radical (unpaired) electrons. The van der Waals surface area contributed by atoms with Crippen LogP contribution in [0.4, 0.5) is 10.5 Å². The summed E-state index contributed by atoms with van der Waals surface area (Å²) < 4.78 is 18.9. The smallest absolute Gasteiger partial charge is 0.435 e. The molecule has 1 N–H and O–H groups in total. The highest BCUT2D eigenvalue weighted by Gasteiger charge is 2.21. The number of nitrogens with zero attached hydrogens (tertiary/aromatic N) is 5. The van der Waals surface area contributed by atoms with Crippen LogP contribution in [0.1, 0.15) is 31.3 Å². The summed E-state index contributed by atoms with van der Waals surface area (Å²) in [5.41, 5.74) is 1.51. The van der Waals surface area contributed by atoms with Crippen molar-refractivity contribution in [3.63, 3.8) is 0 Å². The van der Waals surface area contributed by atoms with Gasteiger partial charge in [-0.25, -0.2) is 4.79 Å². The zero-order chi connectivity index (χ0) is 25.0. The number of carbonyl (C=O) groups is 2. The van der Waals surface area contributed by atoms with Crippen LogP contribution in [0, 0.1) is 0 Å². The van der Waals surface area contributed by atoms with Gasteiger partial charge in [-0.1, -0.05) is 6.07 Å². The molecule has 0 aromatic carbocycles. The number of ether oxygens (including phenoxy) is 2. The third-order valence-corrected chi connectivity index (χ3v) is 4.72. The Bertz CT molecular complexity index is 1320. The molecule has 0 aliphatic heterocycles. The van der Waals surface area contributed by atoms with Crippen LogP contribution in [-0.4, -0.2) is 55.9 Å². The number of aromatic nitrogens is 5. The number of nitrogens with one attached hydrogen (secondary N) is 1. The highest BCUT2D eigenvalue weighted by molar-refractivity contribution is 6.04. The van der Waals surface area contributed by atoms with Gasteiger partial charge in [-0.2, -0.15) is 14.9 Å². The molecule has 0 unspecified atom stereocenters. The molecule has 11 heteroatoms. The Morgan fingerprint density at radius 2 is 1.97 bits per heavy atom. The molecule has 1 amide bonds. The number of carbonyl (C=O) groups excluding carboxylic acids is 2. The minimum atomic E-state index is -0.648. The molecule has 4 heterocycles. The molecular weight excluding hydrogens is 452 g/mol. The molecule has 11 nitrogen and oxygen atoms in total. The SMILES string of the molecule is COCCn1cc(NC(=O)c2ccc(-c3cnn(C(=O)OC(C)(C)C)c3)o2)c(-c2ccccn2)n1. The number of hydrogen-bond donors (Lipinski definition) is 1. The first kappa shape index (κ1) is 23.9. The Morgan fingerprint density at radius 1 is 1.14 bits per heavy atom. The highest BCUT2D eigenvalue weighted by atomic mass is 16.6. The van der Waals surface area contributed by atoms with Crippen LogP contribution in [0.15, 0.2) is 59.5 Å². The minimum Gasteiger partial charge on any atom is -0.451 e. The molecular formula is C24H26N6O5. The van der Waals surface area contributed by atoms with Crippen molar-refractivity contribution in [3.8, 4) is 22.7 Å². The van der Waals surface area contributed by atoms with Gasteiger partial charge in [-0.05, 0) is 45.0 Å². The van der Waals surface area contributed by atoms with Gasteiger partial charge in [0.05, 0.1) is 36.3 Å². The molecule has 0 atom stereocenters. The summed E-state index contributed by atoms with van der Waals surface area (Å²) in [6.45, 7) is 6.29. The Morgan fingerprint density at radius 3 is 2.69 bits per heavy atom. The van der Waals surface area contributed by atoms with Gasteiger partial charge in [0.25, 0.3) is 5.91 Å². The molecule has 4 aromatic rings. The van der Waals surface area contributed by atoms with E-state index in [9.17, 15) is 9.59 Å². The number of hydrogen-bond acceptors (Lipinski definition) is 8. The molecule has 182 valence electrons. The third kappa shape index (κ3) is 5.82. The van der Waals surface area contributed by atoms with Crippen LogP contribution in [0.5, 0.6) is 0 Å². The summed E-state index contributed by atoms with van der Waals surface area (Å²) in [5.74, 6) is 0.00610. The van der Waals surface area contributed by atoms with E-state index in [2.05, 4.69) is 20.5 Å². The van der Waals surface area contributed by atoms with Gasteiger partial charge < -0.3 is 19.2 Å². The van der Waals surface area contributed by atoms with E-state index in [4.69, 9.17) is 13.9 Å². The maximum atomic E-state index is 13.0. The third-order valence-electron chi connectivity index (χ3n) is 4.72. The van der Waals surface area contributed by atoms with Gasteiger partial charge in [0.2, 0.25) is 0 Å². The van der Waals surface area contributed by atoms with Gasteiger partial charge in [0, 0.05) is 25.7 Å². The molecule has 0 saturated carbocycles. The summed E-state index contributed by atoms with van der Waals surface area (Å²) in [6.07, 6.45) is 5.71. The quantitative estimate of drug-likeness (QED) is 0.421. The molecule has 0 saturated heterocycles. The van der Waals surface area contributed by atoms with E-state index in [1.807, 2.05) is 12.1 Å². The number of methoxy groups -OCH3 is 1. The Labute approximate surface area is 201 Å². The number of pyridine rings is 1. The lowest BCUT2D eigenvalue weighted by molar-refractivity contribution is 0.0514. The van der Waals surface area contributed by atoms with E-state index in [0.717, 1.165) is 4.68 Å². The normalized spacial score (nSPS) is 11.4. The van der Waals surface area contributed by atoms with Crippen LogP contribution < -0.4 is 5.32 Å². The molecule has 0 spiro atoms. The molecule has 0 fully saturated rings. The first-order valence-electron chi connectivity index (χ1n) is 10.9. The predicted octanol–water partition coefficient (Wildman–Crippen LogP) is 4.08. The number of furan rings is 1. The van der Waals surface area contributed by atoms with E-state index in [0.29, 0.717) is 41.6 Å². The number of rotatable bonds is 7. The monoisotopic (exact) mass is 478 g/mol. The van der Waals surface area contributed by atoms with Crippen LogP contribution in [-0.2, 0) is 16.0 Å². The van der Waals surface area contributed by atoms with Crippen LogP contribution in [0.25, 0.3) is 22.7 Å². The lowest BCUT2D eigenvalue weighted by Crippen LogP contribution is -2.27. The Balaban J connectivity index is 1.52. The lowest BCUT2D eigenvalue weighted by Gasteiger charge is -2.18. The fourth-order valence-electron chi connectivity index (χ4n) is 3.16. The van der Waals surface area contributed by atoms with Gasteiger partial charge >= 0.3 is 6.09 Å². The van der Waals surface area contributed by atoms with Crippen LogP contribution in [0.2, 0.25) is 0 Å². The van der Waals surface area contributed by atoms with E-state index in [1.54, 1.807) is 63.2 Å². The van der Waals surface area contributed by atoms with Gasteiger partial charge in [0.1, 0.15) is 17.1 Å². The van der Waals surface area contributed by atoms with Crippen molar-refractivity contribution < 1.29 is 23.5 Å². The predicted molar refractivity (Wildman–Crippen MR) is 127 cm³/mol. The second-order valence-electron chi connectivity index (χ2n) is 8.63. The lowest BCUT2D eigenvalue weighted by atomic mass is 10.2. The van der Waals surface area contributed by atoms with Crippen molar-refractivity contribution in [2.24, 2.45) is 0 Å². The maximum absolute atomic E-state index is 13.0. The van der Waals surface area contributed by atoms with Gasteiger partial charge in [-0.3, -0.25) is 14.5 Å². The average Bonchev–Trinajstić information content (AvgIpc) is 3.56. The number of amides is 1. The number of anilines is 1. The summed E-state index contributed by atoms with van der Waals surface area (Å²) in [4.78, 5) is 29.5. The molecule has 0 bridgehead atoms. The maximum Gasteiger partial charge on any atom is 0.435 e. The summed E-state index contributed by atoms with van der Waals surface area (Å²) in [7, 11) is 1.61. The molecule has 0 aliphatic carbocycles. The van der Waals surface area contributed by atoms with Crippen molar-refractivity contribution in [2.45, 2.75) is 32.9 Å². The van der Waals surface area contributed by atoms with Crippen molar-refractivity contribution in [3.05, 3.63) is 60.9 Å². The topological polar surface area (TPSA) is 126 Å². The zero-order valence-electron chi connectivity index (χ0n) is 19.9. The van der Waals surface area contributed by atoms with Crippen LogP contribution in [0.3, 0.4) is 0 Å². The second-order valence-corrected chi connectivity index (χ2v) is 8.63. The molecule has 35 heavy (non-hydrogen) atoms. The highest BCUT2D eigenvalue weighted by Crippen LogP contribution is 2.27. The minimum absolute atomic E-state index is 0.0848. The average molecular weight is 479 g/mol. The van der Waals surface area contributed by atoms with Crippen LogP contribution >= 0.6 is 0 Å². The fraction of sp³-hybridized carbons (Fsp3) is 0.292. The second kappa shape index (κ2) is 9.94. The first-order chi connectivity index (χ1) is 16.7. The first-order valence-corrected chi connectivity index (χ1v) is 10.9. The van der Waals surface area contributed by atoms with Crippen molar-refractivity contribution in [2.75, 3.05) is 19.0 Å². The van der Waals surface area contributed by atoms with Crippen molar-refractivity contribution >= 4 is 17.7 Å². The molecule has 4 rings (SSSR count). The standard InChI is InChI=1S/C24H26N6O5/c1-24(2,3)35-23(32)30-14-16(13-26-30)19-8-9-20(34-19)22(31)27-18-15-29(11-12-33-4)28-21(18)17-7-5-6-10-25-17/h5-10,13-15H,11-12H2,1-4H3,(H,27,31). The largest absolute Gasteiger partial charge is 0.451 e.